The minimum Gasteiger partial charge on any atom is -0.424 e. The molecule has 0 heterocycles. The highest BCUT2D eigenvalue weighted by Crippen LogP contribution is 2.41. The molecule has 0 saturated heterocycles. The third kappa shape index (κ3) is 8.72. The number of unbranched alkanes of at least 4 members (excludes halogenated alkanes) is 9. The predicted molar refractivity (Wildman–Crippen MR) is 158 cm³/mol. The zero-order valence-corrected chi connectivity index (χ0v) is 24.0. The minimum atomic E-state index is -0.623. The summed E-state index contributed by atoms with van der Waals surface area (Å²) in [4.78, 5) is 13.8. The summed E-state index contributed by atoms with van der Waals surface area (Å²) in [6.45, 7) is 4.48. The number of esters is 1. The van der Waals surface area contributed by atoms with E-state index in [0.29, 0.717) is 11.3 Å². The van der Waals surface area contributed by atoms with E-state index in [-0.39, 0.29) is 5.97 Å². The van der Waals surface area contributed by atoms with Gasteiger partial charge in [-0.1, -0.05) is 121 Å². The molecule has 3 heteroatoms. The van der Waals surface area contributed by atoms with E-state index in [1.54, 1.807) is 0 Å². The number of ether oxygens (including phenoxy) is 1. The summed E-state index contributed by atoms with van der Waals surface area (Å²) < 4.78 is 6.03. The van der Waals surface area contributed by atoms with E-state index in [2.05, 4.69) is 44.2 Å². The Hall–Kier alpha value is -2.60. The SMILES string of the molecule is CCCCCCCCCc1ccc(OC(=O)C2(c3ccc(CCCCCC)cc3)CCCCC2)c(C#N)c1. The molecule has 0 amide bonds. The molecule has 3 rings (SSSR count). The number of hydrogen-bond acceptors (Lipinski definition) is 3. The lowest BCUT2D eigenvalue weighted by molar-refractivity contribution is -0.142. The van der Waals surface area contributed by atoms with Crippen LogP contribution >= 0.6 is 0 Å². The van der Waals surface area contributed by atoms with Gasteiger partial charge >= 0.3 is 5.97 Å². The van der Waals surface area contributed by atoms with Crippen molar-refractivity contribution in [3.63, 3.8) is 0 Å². The summed E-state index contributed by atoms with van der Waals surface area (Å²) in [6.07, 6.45) is 20.8. The highest BCUT2D eigenvalue weighted by molar-refractivity contribution is 5.85. The Kier molecular flexibility index (Phi) is 12.9. The van der Waals surface area contributed by atoms with Crippen LogP contribution in [0.2, 0.25) is 0 Å². The number of nitrogens with zero attached hydrogens (tertiary/aromatic N) is 1. The van der Waals surface area contributed by atoms with Crippen LogP contribution in [0.1, 0.15) is 139 Å². The number of nitriles is 1. The molecule has 0 unspecified atom stereocenters. The smallest absolute Gasteiger partial charge is 0.321 e. The molecule has 0 aromatic heterocycles. The minimum absolute atomic E-state index is 0.204. The van der Waals surface area contributed by atoms with Crippen LogP contribution in [-0.2, 0) is 23.1 Å². The van der Waals surface area contributed by atoms with E-state index >= 15 is 0 Å². The van der Waals surface area contributed by atoms with Crippen LogP contribution in [0.5, 0.6) is 5.75 Å². The molecule has 0 atom stereocenters. The Morgan fingerprint density at radius 2 is 1.32 bits per heavy atom. The van der Waals surface area contributed by atoms with Gasteiger partial charge in [0.2, 0.25) is 0 Å². The van der Waals surface area contributed by atoms with Crippen molar-refractivity contribution in [3.05, 3.63) is 64.7 Å². The van der Waals surface area contributed by atoms with Gasteiger partial charge in [-0.15, -0.1) is 0 Å². The van der Waals surface area contributed by atoms with Gasteiger partial charge in [0.05, 0.1) is 11.0 Å². The topological polar surface area (TPSA) is 50.1 Å². The Balaban J connectivity index is 1.65. The van der Waals surface area contributed by atoms with Gasteiger partial charge in [-0.2, -0.15) is 5.26 Å². The Labute approximate surface area is 232 Å². The van der Waals surface area contributed by atoms with Crippen molar-refractivity contribution >= 4 is 5.97 Å². The summed E-state index contributed by atoms with van der Waals surface area (Å²) in [5.41, 5.74) is 3.40. The van der Waals surface area contributed by atoms with Crippen LogP contribution < -0.4 is 4.74 Å². The van der Waals surface area contributed by atoms with Crippen molar-refractivity contribution in [3.8, 4) is 11.8 Å². The maximum absolute atomic E-state index is 13.8. The first-order valence-corrected chi connectivity index (χ1v) is 15.5. The standard InChI is InChI=1S/C35H49NO2/c1-3-5-7-9-10-11-14-18-30-21-24-33(31(27-30)28-36)38-34(37)35(25-15-12-16-26-35)32-22-19-29(20-23-32)17-13-8-6-4-2/h19-24,27H,3-18,25-26H2,1-2H3. The van der Waals surface area contributed by atoms with Crippen LogP contribution in [0.25, 0.3) is 0 Å². The maximum atomic E-state index is 13.8. The molecule has 0 aliphatic heterocycles. The number of carbonyl (C=O) groups is 1. The van der Waals surface area contributed by atoms with E-state index in [0.717, 1.165) is 62.5 Å². The molecule has 206 valence electrons. The average Bonchev–Trinajstić information content (AvgIpc) is 2.96. The molecular weight excluding hydrogens is 466 g/mol. The van der Waals surface area contributed by atoms with Crippen molar-refractivity contribution < 1.29 is 9.53 Å². The van der Waals surface area contributed by atoms with Crippen LogP contribution in [0.4, 0.5) is 0 Å². The molecule has 1 aliphatic rings. The molecule has 2 aromatic rings. The molecular formula is C35H49NO2. The molecule has 0 spiro atoms. The molecule has 3 nitrogen and oxygen atoms in total. The van der Waals surface area contributed by atoms with Gasteiger partial charge in [0.25, 0.3) is 0 Å². The van der Waals surface area contributed by atoms with E-state index in [4.69, 9.17) is 4.74 Å². The fourth-order valence-electron chi connectivity index (χ4n) is 5.91. The Morgan fingerprint density at radius 3 is 1.95 bits per heavy atom. The third-order valence-corrected chi connectivity index (χ3v) is 8.36. The number of hydrogen-bond donors (Lipinski definition) is 0. The van der Waals surface area contributed by atoms with Crippen molar-refractivity contribution in [2.45, 2.75) is 135 Å². The zero-order valence-electron chi connectivity index (χ0n) is 24.0. The normalized spacial score (nSPS) is 14.7. The second-order valence-electron chi connectivity index (χ2n) is 11.4. The second-order valence-corrected chi connectivity index (χ2v) is 11.4. The molecule has 1 fully saturated rings. The monoisotopic (exact) mass is 515 g/mol. The van der Waals surface area contributed by atoms with Gasteiger partial charge in [0.1, 0.15) is 11.8 Å². The van der Waals surface area contributed by atoms with Crippen molar-refractivity contribution in [1.82, 2.24) is 0 Å². The quantitative estimate of drug-likeness (QED) is 0.127. The molecule has 1 aliphatic carbocycles. The van der Waals surface area contributed by atoms with Gasteiger partial charge in [0.15, 0.2) is 0 Å². The highest BCUT2D eigenvalue weighted by atomic mass is 16.5. The van der Waals surface area contributed by atoms with Gasteiger partial charge in [-0.05, 0) is 67.3 Å². The highest BCUT2D eigenvalue weighted by Gasteiger charge is 2.43. The number of rotatable bonds is 16. The zero-order chi connectivity index (χ0) is 27.1. The first kappa shape index (κ1) is 29.9. The summed E-state index contributed by atoms with van der Waals surface area (Å²) >= 11 is 0. The average molecular weight is 516 g/mol. The van der Waals surface area contributed by atoms with E-state index < -0.39 is 5.41 Å². The van der Waals surface area contributed by atoms with Gasteiger partial charge < -0.3 is 4.74 Å². The van der Waals surface area contributed by atoms with Gasteiger partial charge in [-0.25, -0.2) is 0 Å². The second kappa shape index (κ2) is 16.4. The van der Waals surface area contributed by atoms with Crippen LogP contribution in [0.15, 0.2) is 42.5 Å². The summed E-state index contributed by atoms with van der Waals surface area (Å²) in [6, 6.07) is 16.8. The molecule has 0 radical (unpaired) electrons. The molecule has 2 aromatic carbocycles. The molecule has 38 heavy (non-hydrogen) atoms. The van der Waals surface area contributed by atoms with Crippen molar-refractivity contribution in [2.75, 3.05) is 0 Å². The molecule has 0 N–H and O–H groups in total. The van der Waals surface area contributed by atoms with Gasteiger partial charge in [-0.3, -0.25) is 4.79 Å². The van der Waals surface area contributed by atoms with E-state index in [1.807, 2.05) is 18.2 Å². The van der Waals surface area contributed by atoms with Crippen LogP contribution in [-0.4, -0.2) is 5.97 Å². The Morgan fingerprint density at radius 1 is 0.763 bits per heavy atom. The van der Waals surface area contributed by atoms with Crippen molar-refractivity contribution in [2.24, 2.45) is 0 Å². The lowest BCUT2D eigenvalue weighted by Crippen LogP contribution is -2.41. The van der Waals surface area contributed by atoms with Crippen LogP contribution in [0.3, 0.4) is 0 Å². The molecule has 1 saturated carbocycles. The number of carbonyl (C=O) groups excluding carboxylic acids is 1. The summed E-state index contributed by atoms with van der Waals surface area (Å²) in [5, 5.41) is 9.83. The number of aryl methyl sites for hydroxylation is 2. The lowest BCUT2D eigenvalue weighted by Gasteiger charge is -2.35. The summed E-state index contributed by atoms with van der Waals surface area (Å²) in [7, 11) is 0. The number of benzene rings is 2. The maximum Gasteiger partial charge on any atom is 0.321 e. The first-order chi connectivity index (χ1) is 18.6. The molecule has 0 bridgehead atoms. The largest absolute Gasteiger partial charge is 0.424 e. The lowest BCUT2D eigenvalue weighted by atomic mass is 9.69. The fourth-order valence-corrected chi connectivity index (χ4v) is 5.91. The van der Waals surface area contributed by atoms with Gasteiger partial charge in [0, 0.05) is 0 Å². The van der Waals surface area contributed by atoms with E-state index in [1.165, 1.54) is 69.8 Å². The van der Waals surface area contributed by atoms with Crippen LogP contribution in [0, 0.1) is 11.3 Å². The summed E-state index contributed by atoms with van der Waals surface area (Å²) in [5.74, 6) is 0.197. The predicted octanol–water partition coefficient (Wildman–Crippen LogP) is 9.78. The third-order valence-electron chi connectivity index (χ3n) is 8.36. The Bertz CT molecular complexity index is 1010. The van der Waals surface area contributed by atoms with E-state index in [9.17, 15) is 10.1 Å². The first-order valence-electron chi connectivity index (χ1n) is 15.5. The van der Waals surface area contributed by atoms with Crippen molar-refractivity contribution in [1.29, 1.82) is 5.26 Å². The fraction of sp³-hybridized carbons (Fsp3) is 0.600.